The third-order valence-corrected chi connectivity index (χ3v) is 3.26. The zero-order chi connectivity index (χ0) is 16.9. The van der Waals surface area contributed by atoms with Gasteiger partial charge in [-0.05, 0) is 12.1 Å². The molecule has 0 fully saturated rings. The molecule has 3 N–H and O–H groups in total. The fraction of sp³-hybridized carbons (Fsp3) is 0.333. The van der Waals surface area contributed by atoms with Crippen molar-refractivity contribution in [3.8, 4) is 5.75 Å². The van der Waals surface area contributed by atoms with Gasteiger partial charge in [0.15, 0.2) is 0 Å². The molecule has 0 aliphatic heterocycles. The predicted octanol–water partition coefficient (Wildman–Crippen LogP) is 1.95. The van der Waals surface area contributed by atoms with E-state index in [0.717, 1.165) is 0 Å². The molecule has 0 spiro atoms. The van der Waals surface area contributed by atoms with Crippen LogP contribution in [0.25, 0.3) is 0 Å². The second-order valence-electron chi connectivity index (χ2n) is 3.90. The lowest BCUT2D eigenvalue weighted by molar-refractivity contribution is -0.376. The Morgan fingerprint density at radius 3 is 1.67 bits per heavy atom. The molecule has 0 heterocycles. The number of aliphatic hydroxyl groups is 1. The van der Waals surface area contributed by atoms with Gasteiger partial charge in [0.05, 0.1) is 4.90 Å². The Kier molecular flexibility index (Phi) is 3.96. The molecule has 0 aromatic heterocycles. The van der Waals surface area contributed by atoms with E-state index in [2.05, 4.69) is 0 Å². The fourth-order valence-corrected chi connectivity index (χ4v) is 1.97. The van der Waals surface area contributed by atoms with E-state index in [1.54, 1.807) is 0 Å². The van der Waals surface area contributed by atoms with Crippen LogP contribution in [0.4, 0.5) is 26.3 Å². The molecule has 120 valence electrons. The second kappa shape index (κ2) is 4.74. The number of alkyl halides is 6. The minimum atomic E-state index is -6.25. The Morgan fingerprint density at radius 1 is 0.905 bits per heavy atom. The molecular weight excluding hydrogens is 334 g/mol. The number of rotatable bonds is 2. The number of hydrogen-bond acceptors (Lipinski definition) is 4. The van der Waals surface area contributed by atoms with Gasteiger partial charge in [0.25, 0.3) is 15.7 Å². The van der Waals surface area contributed by atoms with Crippen molar-refractivity contribution in [2.24, 2.45) is 0 Å². The predicted molar refractivity (Wildman–Crippen MR) is 53.9 cm³/mol. The second-order valence-corrected chi connectivity index (χ2v) is 5.32. The molecule has 1 rings (SSSR count). The van der Waals surface area contributed by atoms with E-state index in [9.17, 15) is 34.8 Å². The highest BCUT2D eigenvalue weighted by Gasteiger charge is 2.71. The van der Waals surface area contributed by atoms with Gasteiger partial charge in [-0.25, -0.2) is 0 Å². The molecule has 1 aromatic carbocycles. The van der Waals surface area contributed by atoms with Gasteiger partial charge in [-0.15, -0.1) is 0 Å². The molecule has 21 heavy (non-hydrogen) atoms. The van der Waals surface area contributed by atoms with Crippen molar-refractivity contribution in [1.29, 1.82) is 0 Å². The summed E-state index contributed by atoms with van der Waals surface area (Å²) in [5.41, 5.74) is -7.42. The average molecular weight is 340 g/mol. The van der Waals surface area contributed by atoms with E-state index in [0.29, 0.717) is 0 Å². The number of aromatic hydroxyl groups is 1. The van der Waals surface area contributed by atoms with Crippen LogP contribution >= 0.6 is 0 Å². The van der Waals surface area contributed by atoms with E-state index >= 15 is 0 Å². The Labute approximate surface area is 113 Å². The lowest BCUT2D eigenvalue weighted by Gasteiger charge is -2.32. The van der Waals surface area contributed by atoms with Crippen LogP contribution in [0, 0.1) is 0 Å². The van der Waals surface area contributed by atoms with E-state index in [-0.39, 0.29) is 18.2 Å². The molecule has 0 aliphatic carbocycles. The van der Waals surface area contributed by atoms with Gasteiger partial charge in [0.2, 0.25) is 0 Å². The van der Waals surface area contributed by atoms with E-state index in [1.165, 1.54) is 0 Å². The first-order valence-electron chi connectivity index (χ1n) is 4.78. The largest absolute Gasteiger partial charge is 0.508 e. The van der Waals surface area contributed by atoms with Crippen LogP contribution in [0.5, 0.6) is 5.75 Å². The standard InChI is InChI=1S/C9H6F6O5S/c10-8(11,12)7(17,9(13,14)15)4-1-5(16)3-6(2-4)21(18,19)20/h1-3,16-17H,(H,18,19,20). The van der Waals surface area contributed by atoms with Gasteiger partial charge in [0.1, 0.15) is 5.75 Å². The molecule has 0 aliphatic rings. The summed E-state index contributed by atoms with van der Waals surface area (Å²) in [6.07, 6.45) is -12.5. The van der Waals surface area contributed by atoms with Crippen LogP contribution in [0.1, 0.15) is 5.56 Å². The summed E-state index contributed by atoms with van der Waals surface area (Å²) in [5, 5.41) is 18.1. The Morgan fingerprint density at radius 2 is 1.33 bits per heavy atom. The molecule has 1 aromatic rings. The summed E-state index contributed by atoms with van der Waals surface area (Å²) in [6, 6.07) is -0.141. The molecule has 0 saturated heterocycles. The van der Waals surface area contributed by atoms with Crippen LogP contribution in [-0.4, -0.2) is 35.5 Å². The number of halogens is 6. The van der Waals surface area contributed by atoms with Crippen LogP contribution in [0.2, 0.25) is 0 Å². The van der Waals surface area contributed by atoms with Crippen LogP contribution < -0.4 is 0 Å². The van der Waals surface area contributed by atoms with E-state index in [4.69, 9.17) is 14.8 Å². The summed E-state index contributed by atoms with van der Waals surface area (Å²) in [4.78, 5) is -1.44. The van der Waals surface area contributed by atoms with Crippen molar-refractivity contribution in [3.05, 3.63) is 23.8 Å². The average Bonchev–Trinajstić information content (AvgIpc) is 2.22. The summed E-state index contributed by atoms with van der Waals surface area (Å²) >= 11 is 0. The summed E-state index contributed by atoms with van der Waals surface area (Å²) in [5.74, 6) is -1.33. The molecule has 5 nitrogen and oxygen atoms in total. The number of phenolic OH excluding ortho intramolecular Hbond substituents is 1. The van der Waals surface area contributed by atoms with Gasteiger partial charge in [0, 0.05) is 11.6 Å². The number of phenols is 1. The first-order valence-corrected chi connectivity index (χ1v) is 6.22. The molecule has 0 amide bonds. The van der Waals surface area contributed by atoms with E-state index in [1.807, 2.05) is 0 Å². The van der Waals surface area contributed by atoms with Crippen molar-refractivity contribution < 1.29 is 49.5 Å². The molecule has 0 atom stereocenters. The summed E-state index contributed by atoms with van der Waals surface area (Å²) in [7, 11) is -5.20. The zero-order valence-corrected chi connectivity index (χ0v) is 10.4. The highest BCUT2D eigenvalue weighted by molar-refractivity contribution is 7.85. The SMILES string of the molecule is O=S(=O)(O)c1cc(O)cc(C(O)(C(F)(F)F)C(F)(F)F)c1. The minimum Gasteiger partial charge on any atom is -0.508 e. The van der Waals surface area contributed by atoms with Gasteiger partial charge < -0.3 is 10.2 Å². The Balaban J connectivity index is 3.74. The maximum absolute atomic E-state index is 12.6. The Hall–Kier alpha value is -1.53. The third kappa shape index (κ3) is 3.06. The minimum absolute atomic E-state index is 0.115. The number of benzene rings is 1. The normalized spacial score (nSPS) is 14.3. The maximum Gasteiger partial charge on any atom is 0.430 e. The van der Waals surface area contributed by atoms with Crippen LogP contribution in [0.3, 0.4) is 0 Å². The lowest BCUT2D eigenvalue weighted by Crippen LogP contribution is -2.53. The van der Waals surface area contributed by atoms with Gasteiger partial charge >= 0.3 is 12.4 Å². The monoisotopic (exact) mass is 340 g/mol. The molecule has 0 saturated carbocycles. The molecular formula is C9H6F6O5S. The van der Waals surface area contributed by atoms with E-state index < -0.39 is 44.3 Å². The fourth-order valence-electron chi connectivity index (χ4n) is 1.43. The highest BCUT2D eigenvalue weighted by atomic mass is 32.2. The lowest BCUT2D eigenvalue weighted by atomic mass is 9.92. The quantitative estimate of drug-likeness (QED) is 0.565. The molecule has 12 heteroatoms. The van der Waals surface area contributed by atoms with Crippen molar-refractivity contribution in [2.75, 3.05) is 0 Å². The Bertz CT molecular complexity index is 634. The smallest absolute Gasteiger partial charge is 0.430 e. The topological polar surface area (TPSA) is 94.8 Å². The summed E-state index contributed by atoms with van der Waals surface area (Å²) < 4.78 is 106. The number of hydrogen-bond donors (Lipinski definition) is 3. The van der Waals surface area contributed by atoms with Gasteiger partial charge in [-0.1, -0.05) is 0 Å². The van der Waals surface area contributed by atoms with Crippen molar-refractivity contribution >= 4 is 10.1 Å². The van der Waals surface area contributed by atoms with Gasteiger partial charge in [-0.2, -0.15) is 34.8 Å². The van der Waals surface area contributed by atoms with Crippen molar-refractivity contribution in [2.45, 2.75) is 22.8 Å². The first-order chi connectivity index (χ1) is 9.10. The first kappa shape index (κ1) is 17.5. The zero-order valence-electron chi connectivity index (χ0n) is 9.57. The maximum atomic E-state index is 12.6. The third-order valence-electron chi connectivity index (χ3n) is 2.43. The van der Waals surface area contributed by atoms with Crippen molar-refractivity contribution in [3.63, 3.8) is 0 Å². The highest BCUT2D eigenvalue weighted by Crippen LogP contribution is 2.50. The van der Waals surface area contributed by atoms with Crippen LogP contribution in [0.15, 0.2) is 23.1 Å². The molecule has 0 unspecified atom stereocenters. The summed E-state index contributed by atoms with van der Waals surface area (Å²) in [6.45, 7) is 0. The van der Waals surface area contributed by atoms with Crippen molar-refractivity contribution in [1.82, 2.24) is 0 Å². The van der Waals surface area contributed by atoms with Gasteiger partial charge in [-0.3, -0.25) is 4.55 Å². The molecule has 0 radical (unpaired) electrons. The van der Waals surface area contributed by atoms with Crippen LogP contribution in [-0.2, 0) is 15.7 Å². The molecule has 0 bridgehead atoms.